The summed E-state index contributed by atoms with van der Waals surface area (Å²) >= 11 is 0. The third-order valence-corrected chi connectivity index (χ3v) is 4.78. The maximum atomic E-state index is 11.6. The van der Waals surface area contributed by atoms with Crippen LogP contribution in [-0.2, 0) is 9.53 Å². The van der Waals surface area contributed by atoms with Gasteiger partial charge in [-0.1, -0.05) is 63.1 Å². The van der Waals surface area contributed by atoms with Crippen LogP contribution in [0.2, 0.25) is 0 Å². The van der Waals surface area contributed by atoms with Gasteiger partial charge in [-0.25, -0.2) is 9.97 Å². The van der Waals surface area contributed by atoms with Gasteiger partial charge in [0, 0.05) is 18.8 Å². The monoisotopic (exact) mass is 426 g/mol. The van der Waals surface area contributed by atoms with Gasteiger partial charge in [-0.15, -0.1) is 0 Å². The number of hydrogen-bond donors (Lipinski definition) is 1. The molecule has 1 aromatic carbocycles. The number of carbonyl (C=O) groups is 1. The zero-order valence-electron chi connectivity index (χ0n) is 18.6. The summed E-state index contributed by atoms with van der Waals surface area (Å²) in [6, 6.07) is 7.37. The van der Waals surface area contributed by atoms with Crippen molar-refractivity contribution >= 4 is 5.97 Å². The van der Waals surface area contributed by atoms with Crippen molar-refractivity contribution in [2.24, 2.45) is 0 Å². The quantitative estimate of drug-likeness (QED) is 0.293. The van der Waals surface area contributed by atoms with Crippen molar-refractivity contribution in [3.63, 3.8) is 0 Å². The fourth-order valence-corrected chi connectivity index (χ4v) is 3.01. The van der Waals surface area contributed by atoms with Gasteiger partial charge in [0.1, 0.15) is 0 Å². The van der Waals surface area contributed by atoms with Gasteiger partial charge in [-0.2, -0.15) is 0 Å². The highest BCUT2D eigenvalue weighted by Gasteiger charge is 2.16. The molecule has 1 atom stereocenters. The number of allylic oxidation sites excluding steroid dienone is 1. The van der Waals surface area contributed by atoms with Crippen molar-refractivity contribution in [1.82, 2.24) is 9.97 Å². The maximum absolute atomic E-state index is 11.6. The standard InChI is InChI=1S/C25H34N2O4/c1-3-5-6-7-10-23(25(28)29)20-11-13-21(14-12-20)24-26-18-22(19-27-24)31-17-9-8-16-30-15-4-2/h7,10-14,18-19,23H,3-6,8-9,15-17H2,1-2H3,(H,28,29). The molecule has 0 spiro atoms. The fraction of sp³-hybridized carbons (Fsp3) is 0.480. The van der Waals surface area contributed by atoms with Crippen LogP contribution in [0.25, 0.3) is 11.4 Å². The second-order valence-corrected chi connectivity index (χ2v) is 7.42. The van der Waals surface area contributed by atoms with Gasteiger partial charge in [-0.05, 0) is 31.2 Å². The highest BCUT2D eigenvalue weighted by atomic mass is 16.5. The minimum absolute atomic E-state index is 0.581. The smallest absolute Gasteiger partial charge is 0.314 e. The average molecular weight is 427 g/mol. The molecule has 0 radical (unpaired) electrons. The molecule has 1 N–H and O–H groups in total. The zero-order chi connectivity index (χ0) is 22.3. The van der Waals surface area contributed by atoms with E-state index in [2.05, 4.69) is 23.8 Å². The summed E-state index contributed by atoms with van der Waals surface area (Å²) in [6.45, 7) is 6.40. The van der Waals surface area contributed by atoms with Crippen LogP contribution in [0.3, 0.4) is 0 Å². The number of aliphatic carboxylic acids is 1. The number of carboxylic acid groups (broad SMARTS) is 1. The first-order chi connectivity index (χ1) is 15.2. The van der Waals surface area contributed by atoms with E-state index in [0.29, 0.717) is 18.2 Å². The molecule has 168 valence electrons. The van der Waals surface area contributed by atoms with E-state index in [1.807, 2.05) is 30.3 Å². The molecular formula is C25H34N2O4. The summed E-state index contributed by atoms with van der Waals surface area (Å²) in [5.74, 6) is -0.277. The van der Waals surface area contributed by atoms with Crippen LogP contribution < -0.4 is 4.74 Å². The Morgan fingerprint density at radius 2 is 1.71 bits per heavy atom. The fourth-order valence-electron chi connectivity index (χ4n) is 3.01. The van der Waals surface area contributed by atoms with Crippen molar-refractivity contribution in [1.29, 1.82) is 0 Å². The van der Waals surface area contributed by atoms with Crippen molar-refractivity contribution in [3.05, 3.63) is 54.4 Å². The van der Waals surface area contributed by atoms with Gasteiger partial charge < -0.3 is 14.6 Å². The molecule has 1 aromatic heterocycles. The lowest BCUT2D eigenvalue weighted by molar-refractivity contribution is -0.137. The number of nitrogens with zero attached hydrogens (tertiary/aromatic N) is 2. The molecule has 0 aliphatic heterocycles. The Morgan fingerprint density at radius 3 is 2.35 bits per heavy atom. The summed E-state index contributed by atoms with van der Waals surface area (Å²) in [5, 5.41) is 9.55. The van der Waals surface area contributed by atoms with Gasteiger partial charge in [0.2, 0.25) is 0 Å². The lowest BCUT2D eigenvalue weighted by atomic mass is 9.97. The molecule has 0 aliphatic rings. The second kappa shape index (κ2) is 14.3. The van der Waals surface area contributed by atoms with E-state index in [-0.39, 0.29) is 0 Å². The number of benzene rings is 1. The largest absolute Gasteiger partial charge is 0.490 e. The van der Waals surface area contributed by atoms with Crippen LogP contribution >= 0.6 is 0 Å². The Kier molecular flexibility index (Phi) is 11.3. The Balaban J connectivity index is 1.89. The highest BCUT2D eigenvalue weighted by molar-refractivity contribution is 5.78. The molecule has 1 heterocycles. The van der Waals surface area contributed by atoms with Gasteiger partial charge in [-0.3, -0.25) is 4.79 Å². The first-order valence-electron chi connectivity index (χ1n) is 11.2. The second-order valence-electron chi connectivity index (χ2n) is 7.42. The van der Waals surface area contributed by atoms with Crippen molar-refractivity contribution in [2.45, 2.75) is 58.3 Å². The number of unbranched alkanes of at least 4 members (excludes halogenated alkanes) is 3. The van der Waals surface area contributed by atoms with Gasteiger partial charge in [0.25, 0.3) is 0 Å². The Morgan fingerprint density at radius 1 is 1.00 bits per heavy atom. The van der Waals surface area contributed by atoms with E-state index in [9.17, 15) is 9.90 Å². The average Bonchev–Trinajstić information content (AvgIpc) is 2.79. The van der Waals surface area contributed by atoms with Crippen LogP contribution in [0.5, 0.6) is 5.75 Å². The van der Waals surface area contributed by atoms with E-state index in [0.717, 1.165) is 62.9 Å². The number of aromatic nitrogens is 2. The maximum Gasteiger partial charge on any atom is 0.314 e. The normalized spacial score (nSPS) is 12.2. The summed E-state index contributed by atoms with van der Waals surface area (Å²) in [6.07, 6.45) is 13.0. The van der Waals surface area contributed by atoms with Crippen molar-refractivity contribution in [3.8, 4) is 17.1 Å². The lowest BCUT2D eigenvalue weighted by Gasteiger charge is -2.10. The zero-order valence-corrected chi connectivity index (χ0v) is 18.6. The summed E-state index contributed by atoms with van der Waals surface area (Å²) < 4.78 is 11.1. The molecule has 6 heteroatoms. The number of carboxylic acids is 1. The molecule has 2 rings (SSSR count). The van der Waals surface area contributed by atoms with Crippen molar-refractivity contribution in [2.75, 3.05) is 19.8 Å². The number of ether oxygens (including phenoxy) is 2. The van der Waals surface area contributed by atoms with Gasteiger partial charge in [0.05, 0.1) is 24.9 Å². The van der Waals surface area contributed by atoms with Crippen LogP contribution in [-0.4, -0.2) is 40.9 Å². The minimum atomic E-state index is -0.852. The SMILES string of the molecule is CCCCC=CC(C(=O)O)c1ccc(-c2ncc(OCCCCOCCC)cn2)cc1. The highest BCUT2D eigenvalue weighted by Crippen LogP contribution is 2.23. The third kappa shape index (κ3) is 8.89. The Bertz CT molecular complexity index is 788. The van der Waals surface area contributed by atoms with E-state index >= 15 is 0 Å². The topological polar surface area (TPSA) is 81.5 Å². The van der Waals surface area contributed by atoms with E-state index in [1.165, 1.54) is 0 Å². The summed E-state index contributed by atoms with van der Waals surface area (Å²) in [5.41, 5.74) is 1.58. The number of rotatable bonds is 15. The molecule has 2 aromatic rings. The van der Waals surface area contributed by atoms with Gasteiger partial charge >= 0.3 is 5.97 Å². The van der Waals surface area contributed by atoms with E-state index < -0.39 is 11.9 Å². The van der Waals surface area contributed by atoms with Crippen LogP contribution in [0.15, 0.2) is 48.8 Å². The van der Waals surface area contributed by atoms with E-state index in [4.69, 9.17) is 9.47 Å². The summed E-state index contributed by atoms with van der Waals surface area (Å²) in [7, 11) is 0. The molecule has 0 saturated carbocycles. The molecule has 0 aliphatic carbocycles. The molecule has 0 amide bonds. The molecule has 0 bridgehead atoms. The molecule has 31 heavy (non-hydrogen) atoms. The minimum Gasteiger partial charge on any atom is -0.490 e. The van der Waals surface area contributed by atoms with Crippen LogP contribution in [0, 0.1) is 0 Å². The molecule has 6 nitrogen and oxygen atoms in total. The van der Waals surface area contributed by atoms with Gasteiger partial charge in [0.15, 0.2) is 11.6 Å². The predicted octanol–water partition coefficient (Wildman–Crippen LogP) is 5.64. The van der Waals surface area contributed by atoms with Crippen molar-refractivity contribution < 1.29 is 19.4 Å². The van der Waals surface area contributed by atoms with Crippen LogP contribution in [0.4, 0.5) is 0 Å². The summed E-state index contributed by atoms with van der Waals surface area (Å²) in [4.78, 5) is 20.4. The Labute approximate surface area is 185 Å². The number of hydrogen-bond acceptors (Lipinski definition) is 5. The Hall–Kier alpha value is -2.73. The van der Waals surface area contributed by atoms with Crippen LogP contribution in [0.1, 0.15) is 63.9 Å². The predicted molar refractivity (Wildman–Crippen MR) is 122 cm³/mol. The molecule has 0 fully saturated rings. The lowest BCUT2D eigenvalue weighted by Crippen LogP contribution is -2.08. The third-order valence-electron chi connectivity index (χ3n) is 4.78. The molecule has 1 unspecified atom stereocenters. The molecule has 0 saturated heterocycles. The first kappa shape index (κ1) is 24.5. The first-order valence-corrected chi connectivity index (χ1v) is 11.2. The molecular weight excluding hydrogens is 392 g/mol. The van der Waals surface area contributed by atoms with E-state index in [1.54, 1.807) is 18.5 Å².